The van der Waals surface area contributed by atoms with E-state index < -0.39 is 0 Å². The van der Waals surface area contributed by atoms with Gasteiger partial charge >= 0.3 is 23.0 Å². The first-order valence-corrected chi connectivity index (χ1v) is 10.4. The highest BCUT2D eigenvalue weighted by atomic mass is 16.3. The molecule has 0 saturated heterocycles. The first-order chi connectivity index (χ1) is 12.4. The molecule has 0 aliphatic carbocycles. The highest BCUT2D eigenvalue weighted by Gasteiger charge is 2.37. The fraction of sp³-hybridized carbons (Fsp3) is 0.615. The first-order valence-electron chi connectivity index (χ1n) is 10.4. The highest BCUT2D eigenvalue weighted by Crippen LogP contribution is 2.37. The van der Waals surface area contributed by atoms with Crippen molar-refractivity contribution in [2.24, 2.45) is 0 Å². The molecule has 2 heteroatoms. The predicted molar refractivity (Wildman–Crippen MR) is 120 cm³/mol. The van der Waals surface area contributed by atoms with Crippen LogP contribution in [0.15, 0.2) is 33.1 Å². The van der Waals surface area contributed by atoms with Crippen molar-refractivity contribution < 1.29 is 8.83 Å². The van der Waals surface area contributed by atoms with Gasteiger partial charge in [-0.3, -0.25) is 0 Å². The summed E-state index contributed by atoms with van der Waals surface area (Å²) in [5.41, 5.74) is 2.13. The molecule has 0 unspecified atom stereocenters. The molecular formula is C26H40O2+2. The van der Waals surface area contributed by atoms with Crippen LogP contribution in [0, 0.1) is 0 Å². The van der Waals surface area contributed by atoms with Crippen molar-refractivity contribution in [1.29, 1.82) is 0 Å². The SMILES string of the molecule is CC(C)(C)c1cc(-c2cc(C(C)(C)C)[o+]c(C(C)(C)C)c2)cc(C(C)(C)C)[o+]1. The summed E-state index contributed by atoms with van der Waals surface area (Å²) in [6.07, 6.45) is 0. The minimum absolute atomic E-state index is 0.0606. The van der Waals surface area contributed by atoms with Crippen LogP contribution in [0.25, 0.3) is 11.1 Å². The normalized spacial score (nSPS) is 13.7. The molecule has 0 aromatic carbocycles. The zero-order valence-electron chi connectivity index (χ0n) is 20.1. The Bertz CT molecular complexity index is 710. The lowest BCUT2D eigenvalue weighted by Crippen LogP contribution is -2.18. The molecule has 0 amide bonds. The van der Waals surface area contributed by atoms with Crippen molar-refractivity contribution in [3.05, 3.63) is 47.3 Å². The monoisotopic (exact) mass is 384 g/mol. The molecule has 2 aromatic heterocycles. The summed E-state index contributed by atoms with van der Waals surface area (Å²) in [5.74, 6) is 4.02. The maximum atomic E-state index is 6.34. The molecule has 0 radical (unpaired) electrons. The lowest BCUT2D eigenvalue weighted by Gasteiger charge is -2.17. The van der Waals surface area contributed by atoms with E-state index in [1.165, 1.54) is 11.1 Å². The van der Waals surface area contributed by atoms with Crippen LogP contribution in [-0.4, -0.2) is 0 Å². The molecule has 0 atom stereocenters. The maximum Gasteiger partial charge on any atom is 0.335 e. The second-order valence-electron chi connectivity index (χ2n) is 12.1. The van der Waals surface area contributed by atoms with E-state index in [4.69, 9.17) is 8.83 Å². The van der Waals surface area contributed by atoms with E-state index >= 15 is 0 Å². The standard InChI is InChI=1S/C26H40O2/c1-23(2,3)19-13-17(14-20(27-19)24(4,5)6)18-15-21(25(7,8)9)28-22(16-18)26(10,11)12/h13-16H,1-12H3/q+2. The minimum Gasteiger partial charge on any atom is -0.217 e. The Kier molecular flexibility index (Phi) is 5.62. The van der Waals surface area contributed by atoms with Crippen LogP contribution in [0.4, 0.5) is 0 Å². The molecule has 154 valence electrons. The molecule has 0 fully saturated rings. The van der Waals surface area contributed by atoms with Gasteiger partial charge in [0.2, 0.25) is 0 Å². The highest BCUT2D eigenvalue weighted by molar-refractivity contribution is 5.65. The van der Waals surface area contributed by atoms with Crippen LogP contribution >= 0.6 is 0 Å². The van der Waals surface area contributed by atoms with E-state index in [1.807, 2.05) is 0 Å². The molecule has 2 nitrogen and oxygen atoms in total. The lowest BCUT2D eigenvalue weighted by molar-refractivity contribution is 0.327. The van der Waals surface area contributed by atoms with E-state index in [9.17, 15) is 0 Å². The molecule has 0 aliphatic heterocycles. The van der Waals surface area contributed by atoms with Crippen LogP contribution < -0.4 is 0 Å². The quantitative estimate of drug-likeness (QED) is 0.461. The Hall–Kier alpha value is -1.70. The molecular weight excluding hydrogens is 344 g/mol. The Morgan fingerprint density at radius 2 is 0.571 bits per heavy atom. The maximum absolute atomic E-state index is 6.34. The average molecular weight is 385 g/mol. The zero-order chi connectivity index (χ0) is 21.7. The fourth-order valence-corrected chi connectivity index (χ4v) is 2.81. The van der Waals surface area contributed by atoms with Gasteiger partial charge in [0, 0.05) is 35.4 Å². The van der Waals surface area contributed by atoms with E-state index in [2.05, 4.69) is 107 Å². The van der Waals surface area contributed by atoms with Crippen LogP contribution in [-0.2, 0) is 21.7 Å². The Balaban J connectivity index is 2.83. The number of hydrogen-bond donors (Lipinski definition) is 0. The second kappa shape index (κ2) is 6.97. The summed E-state index contributed by atoms with van der Waals surface area (Å²) >= 11 is 0. The van der Waals surface area contributed by atoms with Gasteiger partial charge in [0.15, 0.2) is 0 Å². The van der Waals surface area contributed by atoms with Crippen molar-refractivity contribution >= 4 is 0 Å². The van der Waals surface area contributed by atoms with Gasteiger partial charge in [0.05, 0.1) is 21.7 Å². The summed E-state index contributed by atoms with van der Waals surface area (Å²) in [6, 6.07) is 8.79. The first kappa shape index (κ1) is 22.6. The molecule has 0 N–H and O–H groups in total. The third-order valence-corrected chi connectivity index (χ3v) is 4.88. The third-order valence-electron chi connectivity index (χ3n) is 4.88. The smallest absolute Gasteiger partial charge is 0.217 e. The van der Waals surface area contributed by atoms with Gasteiger partial charge < -0.3 is 0 Å². The molecule has 0 aliphatic rings. The Morgan fingerprint density at radius 1 is 0.393 bits per heavy atom. The molecule has 0 bridgehead atoms. The summed E-state index contributed by atoms with van der Waals surface area (Å²) in [7, 11) is 0. The third kappa shape index (κ3) is 5.21. The molecule has 2 rings (SSSR count). The molecule has 2 heterocycles. The summed E-state index contributed by atoms with van der Waals surface area (Å²) < 4.78 is 12.7. The lowest BCUT2D eigenvalue weighted by atomic mass is 9.85. The van der Waals surface area contributed by atoms with Gasteiger partial charge in [-0.15, -0.1) is 0 Å². The predicted octanol–water partition coefficient (Wildman–Crippen LogP) is 8.29. The van der Waals surface area contributed by atoms with Crippen LogP contribution in [0.1, 0.15) is 106 Å². The van der Waals surface area contributed by atoms with E-state index in [0.717, 1.165) is 23.0 Å². The van der Waals surface area contributed by atoms with Gasteiger partial charge in [-0.2, -0.15) is 0 Å². The number of hydrogen-bond acceptors (Lipinski definition) is 0. The molecule has 0 saturated carbocycles. The number of rotatable bonds is 1. The molecule has 2 aromatic rings. The van der Waals surface area contributed by atoms with Crippen molar-refractivity contribution in [3.63, 3.8) is 0 Å². The van der Waals surface area contributed by atoms with Crippen molar-refractivity contribution in [2.45, 2.75) is 105 Å². The van der Waals surface area contributed by atoms with Gasteiger partial charge in [-0.1, -0.05) is 0 Å². The van der Waals surface area contributed by atoms with Crippen LogP contribution in [0.3, 0.4) is 0 Å². The van der Waals surface area contributed by atoms with Crippen molar-refractivity contribution in [2.75, 3.05) is 0 Å². The second-order valence-corrected chi connectivity index (χ2v) is 12.1. The largest absolute Gasteiger partial charge is 0.335 e. The average Bonchev–Trinajstić information content (AvgIpc) is 2.50. The van der Waals surface area contributed by atoms with Crippen molar-refractivity contribution in [3.8, 4) is 11.1 Å². The van der Waals surface area contributed by atoms with Gasteiger partial charge in [-0.25, -0.2) is 8.83 Å². The molecule has 28 heavy (non-hydrogen) atoms. The van der Waals surface area contributed by atoms with Gasteiger partial charge in [0.1, 0.15) is 0 Å². The van der Waals surface area contributed by atoms with Gasteiger partial charge in [-0.05, 0) is 83.1 Å². The van der Waals surface area contributed by atoms with E-state index in [1.54, 1.807) is 0 Å². The Labute approximate surface area is 172 Å². The van der Waals surface area contributed by atoms with Gasteiger partial charge in [0.25, 0.3) is 0 Å². The Morgan fingerprint density at radius 3 is 0.714 bits per heavy atom. The summed E-state index contributed by atoms with van der Waals surface area (Å²) in [5, 5.41) is 0. The van der Waals surface area contributed by atoms with Crippen LogP contribution in [0.2, 0.25) is 0 Å². The van der Waals surface area contributed by atoms with E-state index in [-0.39, 0.29) is 21.7 Å². The minimum atomic E-state index is -0.0606. The van der Waals surface area contributed by atoms with Crippen molar-refractivity contribution in [1.82, 2.24) is 0 Å². The topological polar surface area (TPSA) is 22.6 Å². The summed E-state index contributed by atoms with van der Waals surface area (Å²) in [6.45, 7) is 26.4. The van der Waals surface area contributed by atoms with Crippen LogP contribution in [0.5, 0.6) is 0 Å². The fourth-order valence-electron chi connectivity index (χ4n) is 2.81. The summed E-state index contributed by atoms with van der Waals surface area (Å²) in [4.78, 5) is 0. The zero-order valence-corrected chi connectivity index (χ0v) is 20.1. The van der Waals surface area contributed by atoms with E-state index in [0.29, 0.717) is 0 Å². The molecule has 0 spiro atoms.